The summed E-state index contributed by atoms with van der Waals surface area (Å²) in [7, 11) is 0. The molecule has 1 fully saturated rings. The first-order valence-electron chi connectivity index (χ1n) is 5.41. The minimum Gasteiger partial charge on any atom is -0.382 e. The third-order valence-electron chi connectivity index (χ3n) is 2.72. The Labute approximate surface area is 89.8 Å². The molecule has 84 valence electrons. The van der Waals surface area contributed by atoms with Crippen molar-refractivity contribution in [2.45, 2.75) is 19.6 Å². The van der Waals surface area contributed by atoms with Crippen LogP contribution in [0, 0.1) is 0 Å². The second-order valence-corrected chi connectivity index (χ2v) is 3.85. The normalized spacial score (nSPS) is 23.1. The summed E-state index contributed by atoms with van der Waals surface area (Å²) in [6, 6.07) is 1.81. The third kappa shape index (κ3) is 2.70. The van der Waals surface area contributed by atoms with Gasteiger partial charge in [0.1, 0.15) is 5.82 Å². The maximum Gasteiger partial charge on any atom is 0.145 e. The minimum absolute atomic E-state index is 0.234. The van der Waals surface area contributed by atoms with E-state index in [1.54, 1.807) is 6.07 Å². The SMILES string of the molecule is CCN1CCOC(Cn2ccc(N)n2)C1. The standard InChI is InChI=1S/C10H18N4O/c1-2-13-5-6-15-9(7-13)8-14-4-3-10(11)12-14/h3-4,9H,2,5-8H2,1H3,(H2,11,12). The molecule has 2 N–H and O–H groups in total. The smallest absolute Gasteiger partial charge is 0.145 e. The third-order valence-corrected chi connectivity index (χ3v) is 2.72. The maximum absolute atomic E-state index is 5.68. The van der Waals surface area contributed by atoms with E-state index < -0.39 is 0 Å². The number of hydrogen-bond donors (Lipinski definition) is 1. The van der Waals surface area contributed by atoms with Crippen molar-refractivity contribution in [3.63, 3.8) is 0 Å². The molecule has 5 heteroatoms. The largest absolute Gasteiger partial charge is 0.382 e. The summed E-state index contributed by atoms with van der Waals surface area (Å²) >= 11 is 0. The Hall–Kier alpha value is -1.07. The molecule has 2 rings (SSSR count). The van der Waals surface area contributed by atoms with E-state index in [9.17, 15) is 0 Å². The average Bonchev–Trinajstić information content (AvgIpc) is 2.64. The van der Waals surface area contributed by atoms with Crippen LogP contribution in [0.15, 0.2) is 12.3 Å². The number of hydrogen-bond acceptors (Lipinski definition) is 4. The molecule has 1 aromatic rings. The molecule has 2 heterocycles. The van der Waals surface area contributed by atoms with Gasteiger partial charge in [0.2, 0.25) is 0 Å². The summed E-state index contributed by atoms with van der Waals surface area (Å²) < 4.78 is 7.53. The fourth-order valence-corrected chi connectivity index (χ4v) is 1.87. The van der Waals surface area contributed by atoms with E-state index in [0.29, 0.717) is 5.82 Å². The van der Waals surface area contributed by atoms with Gasteiger partial charge in [-0.25, -0.2) is 0 Å². The molecule has 0 spiro atoms. The van der Waals surface area contributed by atoms with Crippen molar-refractivity contribution < 1.29 is 4.74 Å². The average molecular weight is 210 g/mol. The Morgan fingerprint density at radius 1 is 1.67 bits per heavy atom. The zero-order valence-electron chi connectivity index (χ0n) is 9.09. The van der Waals surface area contributed by atoms with Crippen LogP contribution in [0.2, 0.25) is 0 Å². The number of ether oxygens (including phenoxy) is 1. The van der Waals surface area contributed by atoms with E-state index >= 15 is 0 Å². The van der Waals surface area contributed by atoms with Crippen LogP contribution >= 0.6 is 0 Å². The maximum atomic E-state index is 5.68. The van der Waals surface area contributed by atoms with Crippen LogP contribution in [0.25, 0.3) is 0 Å². The Bertz CT molecular complexity index is 312. The van der Waals surface area contributed by atoms with Crippen LogP contribution in [0.1, 0.15) is 6.92 Å². The predicted molar refractivity (Wildman–Crippen MR) is 58.5 cm³/mol. The van der Waals surface area contributed by atoms with Crippen molar-refractivity contribution in [3.05, 3.63) is 12.3 Å². The number of nitrogens with two attached hydrogens (primary N) is 1. The molecule has 0 saturated carbocycles. The number of aromatic nitrogens is 2. The summed E-state index contributed by atoms with van der Waals surface area (Å²) in [5, 5.41) is 4.15. The first kappa shape index (κ1) is 10.4. The van der Waals surface area contributed by atoms with Crippen LogP contribution in [-0.4, -0.2) is 47.0 Å². The van der Waals surface area contributed by atoms with Gasteiger partial charge >= 0.3 is 0 Å². The lowest BCUT2D eigenvalue weighted by molar-refractivity contribution is -0.0357. The van der Waals surface area contributed by atoms with Crippen LogP contribution in [0.5, 0.6) is 0 Å². The van der Waals surface area contributed by atoms with Crippen molar-refractivity contribution in [1.29, 1.82) is 0 Å². The first-order valence-corrected chi connectivity index (χ1v) is 5.41. The fraction of sp³-hybridized carbons (Fsp3) is 0.700. The van der Waals surface area contributed by atoms with Gasteiger partial charge in [0, 0.05) is 19.3 Å². The molecule has 0 radical (unpaired) electrons. The highest BCUT2D eigenvalue weighted by Gasteiger charge is 2.19. The van der Waals surface area contributed by atoms with Crippen molar-refractivity contribution in [3.8, 4) is 0 Å². The molecule has 0 aliphatic carbocycles. The van der Waals surface area contributed by atoms with Gasteiger partial charge in [-0.05, 0) is 12.6 Å². The van der Waals surface area contributed by atoms with E-state index in [4.69, 9.17) is 10.5 Å². The summed E-state index contributed by atoms with van der Waals surface area (Å²) in [5.74, 6) is 0.568. The molecule has 0 amide bonds. The van der Waals surface area contributed by atoms with Gasteiger partial charge < -0.3 is 10.5 Å². The number of nitrogens with zero attached hydrogens (tertiary/aromatic N) is 3. The molecule has 5 nitrogen and oxygen atoms in total. The molecule has 1 aliphatic rings. The van der Waals surface area contributed by atoms with Crippen molar-refractivity contribution in [2.75, 3.05) is 32.0 Å². The summed E-state index contributed by atoms with van der Waals surface area (Å²) in [6.45, 7) is 6.88. The number of nitrogen functional groups attached to an aromatic ring is 1. The molecule has 1 aromatic heterocycles. The number of anilines is 1. The zero-order valence-corrected chi connectivity index (χ0v) is 9.09. The van der Waals surface area contributed by atoms with E-state index in [1.165, 1.54) is 0 Å². The quantitative estimate of drug-likeness (QED) is 0.773. The van der Waals surface area contributed by atoms with Crippen molar-refractivity contribution in [2.24, 2.45) is 0 Å². The van der Waals surface area contributed by atoms with Crippen LogP contribution < -0.4 is 5.73 Å². The minimum atomic E-state index is 0.234. The molecular weight excluding hydrogens is 192 g/mol. The molecule has 1 saturated heterocycles. The van der Waals surface area contributed by atoms with Gasteiger partial charge in [0.15, 0.2) is 0 Å². The van der Waals surface area contributed by atoms with Crippen LogP contribution in [-0.2, 0) is 11.3 Å². The van der Waals surface area contributed by atoms with Gasteiger partial charge in [-0.1, -0.05) is 6.92 Å². The van der Waals surface area contributed by atoms with Crippen LogP contribution in [0.4, 0.5) is 5.82 Å². The van der Waals surface area contributed by atoms with Gasteiger partial charge in [-0.2, -0.15) is 5.10 Å². The lowest BCUT2D eigenvalue weighted by Crippen LogP contribution is -2.44. The Kier molecular flexibility index (Phi) is 3.23. The lowest BCUT2D eigenvalue weighted by Gasteiger charge is -2.31. The van der Waals surface area contributed by atoms with Gasteiger partial charge in [0.05, 0.1) is 19.3 Å². The Morgan fingerprint density at radius 2 is 2.53 bits per heavy atom. The monoisotopic (exact) mass is 210 g/mol. The topological polar surface area (TPSA) is 56.3 Å². The van der Waals surface area contributed by atoms with Crippen LogP contribution in [0.3, 0.4) is 0 Å². The highest BCUT2D eigenvalue weighted by molar-refractivity contribution is 5.23. The molecule has 0 aromatic carbocycles. The van der Waals surface area contributed by atoms with E-state index in [2.05, 4.69) is 16.9 Å². The second-order valence-electron chi connectivity index (χ2n) is 3.85. The summed E-state index contributed by atoms with van der Waals surface area (Å²) in [6.07, 6.45) is 2.13. The summed E-state index contributed by atoms with van der Waals surface area (Å²) in [5.41, 5.74) is 5.55. The number of likely N-dealkylation sites (N-methyl/N-ethyl adjacent to an activating group) is 1. The highest BCUT2D eigenvalue weighted by Crippen LogP contribution is 2.07. The molecule has 0 bridgehead atoms. The Balaban J connectivity index is 1.88. The van der Waals surface area contributed by atoms with Gasteiger partial charge in [-0.3, -0.25) is 9.58 Å². The van der Waals surface area contributed by atoms with E-state index in [-0.39, 0.29) is 6.10 Å². The fourth-order valence-electron chi connectivity index (χ4n) is 1.87. The second kappa shape index (κ2) is 4.63. The molecule has 1 aliphatic heterocycles. The highest BCUT2D eigenvalue weighted by atomic mass is 16.5. The lowest BCUT2D eigenvalue weighted by atomic mass is 10.2. The molecule has 1 unspecified atom stereocenters. The molecular formula is C10H18N4O. The zero-order chi connectivity index (χ0) is 10.7. The van der Waals surface area contributed by atoms with Crippen molar-refractivity contribution >= 4 is 5.82 Å². The van der Waals surface area contributed by atoms with Crippen molar-refractivity contribution in [1.82, 2.24) is 14.7 Å². The Morgan fingerprint density at radius 3 is 3.20 bits per heavy atom. The van der Waals surface area contributed by atoms with E-state index in [1.807, 2.05) is 10.9 Å². The number of morpholine rings is 1. The van der Waals surface area contributed by atoms with Gasteiger partial charge in [0.25, 0.3) is 0 Å². The first-order chi connectivity index (χ1) is 7.28. The summed E-state index contributed by atoms with van der Waals surface area (Å²) in [4.78, 5) is 2.39. The molecule has 1 atom stereocenters. The van der Waals surface area contributed by atoms with Gasteiger partial charge in [-0.15, -0.1) is 0 Å². The predicted octanol–water partition coefficient (Wildman–Crippen LogP) is 0.186. The molecule has 15 heavy (non-hydrogen) atoms. The van der Waals surface area contributed by atoms with E-state index in [0.717, 1.165) is 32.8 Å². The number of rotatable bonds is 3.